The minimum absolute atomic E-state index is 0.0488. The normalized spacial score (nSPS) is 15.4. The fraction of sp³-hybridized carbons (Fsp3) is 0.333. The Balaban J connectivity index is 1.60. The Morgan fingerprint density at radius 2 is 2.03 bits per heavy atom. The van der Waals surface area contributed by atoms with E-state index in [9.17, 15) is 19.7 Å². The van der Waals surface area contributed by atoms with Gasteiger partial charge in [0, 0.05) is 25.7 Å². The Kier molecular flexibility index (Phi) is 6.91. The number of nitrogens with zero attached hydrogens (tertiary/aromatic N) is 2. The highest BCUT2D eigenvalue weighted by molar-refractivity contribution is 5.91. The zero-order valence-electron chi connectivity index (χ0n) is 16.9. The monoisotopic (exact) mass is 429 g/mol. The number of carbonyl (C=O) groups excluding carboxylic acids is 1. The van der Waals surface area contributed by atoms with Crippen LogP contribution in [0.1, 0.15) is 22.3 Å². The summed E-state index contributed by atoms with van der Waals surface area (Å²) in [5.41, 5.74) is 0.399. The molecule has 0 saturated carbocycles. The lowest BCUT2D eigenvalue weighted by atomic mass is 10.1. The van der Waals surface area contributed by atoms with Crippen LogP contribution < -0.4 is 10.1 Å². The minimum Gasteiger partial charge on any atom is -0.494 e. The quantitative estimate of drug-likeness (QED) is 0.482. The van der Waals surface area contributed by atoms with Crippen LogP contribution in [0, 0.1) is 16.0 Å². The largest absolute Gasteiger partial charge is 0.494 e. The van der Waals surface area contributed by atoms with Crippen molar-refractivity contribution in [2.45, 2.75) is 13.0 Å². The van der Waals surface area contributed by atoms with E-state index in [1.54, 1.807) is 4.90 Å². The number of hydrogen-bond acceptors (Lipinski definition) is 7. The number of nitro groups is 1. The molecule has 0 radical (unpaired) electrons. The van der Waals surface area contributed by atoms with Crippen LogP contribution in [-0.4, -0.2) is 53.7 Å². The molecule has 0 aliphatic carbocycles. The second-order valence-corrected chi connectivity index (χ2v) is 7.16. The van der Waals surface area contributed by atoms with Gasteiger partial charge in [0.15, 0.2) is 5.69 Å². The number of carboxylic acids is 1. The zero-order valence-corrected chi connectivity index (χ0v) is 16.9. The summed E-state index contributed by atoms with van der Waals surface area (Å²) >= 11 is 0. The van der Waals surface area contributed by atoms with Crippen molar-refractivity contribution in [1.29, 1.82) is 0 Å². The molecule has 1 amide bonds. The van der Waals surface area contributed by atoms with E-state index in [0.717, 1.165) is 11.6 Å². The number of carbonyl (C=O) groups is 2. The maximum absolute atomic E-state index is 12.3. The number of hydrogen-bond donors (Lipinski definition) is 2. The molecule has 1 atom stereocenters. The minimum atomic E-state index is -1.28. The SMILES string of the molecule is COc1cc(C(=O)O)cc([N+](=O)[O-])c1NCC1CCN(C(=O)OCc2ccccc2)C1. The van der Waals surface area contributed by atoms with Crippen LogP contribution in [0.25, 0.3) is 0 Å². The van der Waals surface area contributed by atoms with Crippen LogP contribution in [0.5, 0.6) is 5.75 Å². The summed E-state index contributed by atoms with van der Waals surface area (Å²) in [6, 6.07) is 11.6. The lowest BCUT2D eigenvalue weighted by Crippen LogP contribution is -2.30. The first-order valence-electron chi connectivity index (χ1n) is 9.68. The Labute approximate surface area is 178 Å². The van der Waals surface area contributed by atoms with Gasteiger partial charge >= 0.3 is 12.1 Å². The first-order valence-corrected chi connectivity index (χ1v) is 9.68. The summed E-state index contributed by atoms with van der Waals surface area (Å²) in [6.45, 7) is 1.52. The summed E-state index contributed by atoms with van der Waals surface area (Å²) in [6.07, 6.45) is 0.303. The lowest BCUT2D eigenvalue weighted by molar-refractivity contribution is -0.384. The molecule has 2 aromatic rings. The molecular formula is C21H23N3O7. The summed E-state index contributed by atoms with van der Waals surface area (Å²) in [5, 5.41) is 23.6. The van der Waals surface area contributed by atoms with E-state index in [-0.39, 0.29) is 35.2 Å². The highest BCUT2D eigenvalue weighted by Gasteiger charge is 2.29. The molecule has 0 spiro atoms. The molecule has 10 nitrogen and oxygen atoms in total. The van der Waals surface area contributed by atoms with Gasteiger partial charge in [-0.2, -0.15) is 0 Å². The van der Waals surface area contributed by atoms with E-state index >= 15 is 0 Å². The van der Waals surface area contributed by atoms with E-state index in [2.05, 4.69) is 5.32 Å². The number of rotatable bonds is 8. The molecule has 1 fully saturated rings. The van der Waals surface area contributed by atoms with Gasteiger partial charge in [0.2, 0.25) is 0 Å². The topological polar surface area (TPSA) is 131 Å². The van der Waals surface area contributed by atoms with Crippen molar-refractivity contribution in [3.05, 3.63) is 63.7 Å². The number of ether oxygens (including phenoxy) is 2. The number of nitro benzene ring substituents is 1. The summed E-state index contributed by atoms with van der Waals surface area (Å²) in [7, 11) is 1.32. The molecule has 2 N–H and O–H groups in total. The predicted molar refractivity (Wildman–Crippen MR) is 111 cm³/mol. The van der Waals surface area contributed by atoms with Crippen molar-refractivity contribution < 1.29 is 29.1 Å². The summed E-state index contributed by atoms with van der Waals surface area (Å²) < 4.78 is 10.5. The van der Waals surface area contributed by atoms with Crippen LogP contribution in [-0.2, 0) is 11.3 Å². The molecule has 1 unspecified atom stereocenters. The number of benzene rings is 2. The van der Waals surface area contributed by atoms with Crippen molar-refractivity contribution in [3.8, 4) is 5.75 Å². The number of aromatic carboxylic acids is 1. The van der Waals surface area contributed by atoms with E-state index in [4.69, 9.17) is 14.6 Å². The van der Waals surface area contributed by atoms with E-state index < -0.39 is 17.0 Å². The molecule has 1 aliphatic rings. The predicted octanol–water partition coefficient (Wildman–Crippen LogP) is 3.37. The molecule has 0 bridgehead atoms. The van der Waals surface area contributed by atoms with Gasteiger partial charge in [-0.05, 0) is 24.0 Å². The second kappa shape index (κ2) is 9.79. The van der Waals surface area contributed by atoms with Crippen molar-refractivity contribution >= 4 is 23.4 Å². The van der Waals surface area contributed by atoms with E-state index in [0.29, 0.717) is 26.1 Å². The number of anilines is 1. The molecule has 1 aliphatic heterocycles. The third-order valence-electron chi connectivity index (χ3n) is 5.06. The molecule has 2 aromatic carbocycles. The Hall–Kier alpha value is -3.82. The van der Waals surface area contributed by atoms with Gasteiger partial charge in [-0.1, -0.05) is 30.3 Å². The average molecular weight is 429 g/mol. The molecule has 3 rings (SSSR count). The molecule has 10 heteroatoms. The Bertz CT molecular complexity index is 965. The highest BCUT2D eigenvalue weighted by atomic mass is 16.6. The third kappa shape index (κ3) is 5.41. The van der Waals surface area contributed by atoms with E-state index in [1.165, 1.54) is 13.2 Å². The third-order valence-corrected chi connectivity index (χ3v) is 5.06. The molecule has 1 saturated heterocycles. The molecule has 164 valence electrons. The number of carboxylic acid groups (broad SMARTS) is 1. The number of methoxy groups -OCH3 is 1. The zero-order chi connectivity index (χ0) is 22.4. The summed E-state index contributed by atoms with van der Waals surface area (Å²) in [5.74, 6) is -1.16. The first-order chi connectivity index (χ1) is 14.9. The number of amides is 1. The summed E-state index contributed by atoms with van der Waals surface area (Å²) in [4.78, 5) is 35.9. The van der Waals surface area contributed by atoms with Gasteiger partial charge < -0.3 is 24.8 Å². The van der Waals surface area contributed by atoms with Crippen LogP contribution in [0.3, 0.4) is 0 Å². The van der Waals surface area contributed by atoms with E-state index in [1.807, 2.05) is 30.3 Å². The van der Waals surface area contributed by atoms with Gasteiger partial charge in [-0.15, -0.1) is 0 Å². The number of nitrogens with one attached hydrogen (secondary N) is 1. The number of likely N-dealkylation sites (tertiary alicyclic amines) is 1. The fourth-order valence-corrected chi connectivity index (χ4v) is 3.43. The average Bonchev–Trinajstić information content (AvgIpc) is 3.25. The van der Waals surface area contributed by atoms with Gasteiger partial charge in [-0.3, -0.25) is 10.1 Å². The van der Waals surface area contributed by atoms with Crippen LogP contribution in [0.15, 0.2) is 42.5 Å². The van der Waals surface area contributed by atoms with Gasteiger partial charge in [-0.25, -0.2) is 9.59 Å². The highest BCUT2D eigenvalue weighted by Crippen LogP contribution is 2.36. The lowest BCUT2D eigenvalue weighted by Gasteiger charge is -2.18. The molecule has 0 aromatic heterocycles. The molecular weight excluding hydrogens is 406 g/mol. The van der Waals surface area contributed by atoms with Gasteiger partial charge in [0.05, 0.1) is 17.6 Å². The maximum Gasteiger partial charge on any atom is 0.410 e. The molecule has 1 heterocycles. The van der Waals surface area contributed by atoms with Gasteiger partial charge in [0.1, 0.15) is 12.4 Å². The first kappa shape index (κ1) is 21.9. The van der Waals surface area contributed by atoms with Crippen LogP contribution >= 0.6 is 0 Å². The Morgan fingerprint density at radius 1 is 1.29 bits per heavy atom. The maximum atomic E-state index is 12.3. The van der Waals surface area contributed by atoms with Crippen molar-refractivity contribution in [3.63, 3.8) is 0 Å². The molecule has 31 heavy (non-hydrogen) atoms. The van der Waals surface area contributed by atoms with Crippen molar-refractivity contribution in [2.75, 3.05) is 32.1 Å². The Morgan fingerprint density at radius 3 is 2.68 bits per heavy atom. The fourth-order valence-electron chi connectivity index (χ4n) is 3.43. The smallest absolute Gasteiger partial charge is 0.410 e. The second-order valence-electron chi connectivity index (χ2n) is 7.16. The van der Waals surface area contributed by atoms with Crippen molar-refractivity contribution in [2.24, 2.45) is 5.92 Å². The standard InChI is InChI=1S/C21H23N3O7/c1-30-18-10-16(20(25)26)9-17(24(28)29)19(18)22-11-15-7-8-23(12-15)21(27)31-13-14-5-3-2-4-6-14/h2-6,9-10,15,22H,7-8,11-13H2,1H3,(H,25,26). The van der Waals surface area contributed by atoms with Crippen LogP contribution in [0.2, 0.25) is 0 Å². The van der Waals surface area contributed by atoms with Crippen LogP contribution in [0.4, 0.5) is 16.2 Å². The van der Waals surface area contributed by atoms with Gasteiger partial charge in [0.25, 0.3) is 5.69 Å². The van der Waals surface area contributed by atoms with Crippen molar-refractivity contribution in [1.82, 2.24) is 4.90 Å².